The summed E-state index contributed by atoms with van der Waals surface area (Å²) in [5, 5.41) is 6.85. The molecule has 0 aliphatic rings. The van der Waals surface area contributed by atoms with E-state index in [-0.39, 0.29) is 0 Å². The maximum Gasteiger partial charge on any atom is 0.0954 e. The van der Waals surface area contributed by atoms with Crippen molar-refractivity contribution < 1.29 is 0 Å². The molecule has 3 rings (SSSR count). The van der Waals surface area contributed by atoms with Gasteiger partial charge in [-0.1, -0.05) is 18.2 Å². The molecule has 0 aliphatic carbocycles. The lowest BCUT2D eigenvalue weighted by atomic mass is 10.1. The Morgan fingerprint density at radius 2 is 2.10 bits per heavy atom. The van der Waals surface area contributed by atoms with Crippen LogP contribution < -0.4 is 5.32 Å². The highest BCUT2D eigenvalue weighted by molar-refractivity contribution is 7.18. The normalized spacial score (nSPS) is 12.8. The fourth-order valence-electron chi connectivity index (χ4n) is 2.54. The topological polar surface area (TPSA) is 24.9 Å². The lowest BCUT2D eigenvalue weighted by Gasteiger charge is -2.14. The highest BCUT2D eigenvalue weighted by atomic mass is 32.1. The predicted octanol–water partition coefficient (Wildman–Crippen LogP) is 4.51. The molecule has 0 saturated heterocycles. The molecule has 0 bridgehead atoms. The van der Waals surface area contributed by atoms with E-state index in [0.717, 1.165) is 11.9 Å². The summed E-state index contributed by atoms with van der Waals surface area (Å²) < 4.78 is 1.29. The Kier molecular flexibility index (Phi) is 5.01. The Hall–Kier alpha value is -1.23. The standard InChI is InChI=1S/C17H20N2S2/c1-18-13(6-4-7-14-8-5-11-20-14)12-17-19-15-9-2-3-10-16(15)21-17/h2-3,5,8-11,13,18H,4,6-7,12H2,1H3. The van der Waals surface area contributed by atoms with Crippen LogP contribution in [0, 0.1) is 0 Å². The van der Waals surface area contributed by atoms with Gasteiger partial charge in [-0.05, 0) is 49.9 Å². The Balaban J connectivity index is 1.56. The monoisotopic (exact) mass is 316 g/mol. The Morgan fingerprint density at radius 3 is 2.86 bits per heavy atom. The number of para-hydroxylation sites is 1. The molecule has 1 unspecified atom stereocenters. The fraction of sp³-hybridized carbons (Fsp3) is 0.353. The van der Waals surface area contributed by atoms with Crippen LogP contribution in [-0.4, -0.2) is 18.1 Å². The average Bonchev–Trinajstić information content (AvgIpc) is 3.14. The van der Waals surface area contributed by atoms with E-state index in [1.165, 1.54) is 33.8 Å². The molecule has 2 nitrogen and oxygen atoms in total. The molecule has 2 heterocycles. The largest absolute Gasteiger partial charge is 0.317 e. The van der Waals surface area contributed by atoms with Crippen LogP contribution in [-0.2, 0) is 12.8 Å². The fourth-order valence-corrected chi connectivity index (χ4v) is 4.34. The zero-order valence-corrected chi connectivity index (χ0v) is 13.8. The van der Waals surface area contributed by atoms with Crippen LogP contribution in [0.3, 0.4) is 0 Å². The maximum atomic E-state index is 4.74. The van der Waals surface area contributed by atoms with Crippen LogP contribution in [0.25, 0.3) is 10.2 Å². The summed E-state index contributed by atoms with van der Waals surface area (Å²) in [5.41, 5.74) is 1.13. The van der Waals surface area contributed by atoms with E-state index in [1.54, 1.807) is 0 Å². The second kappa shape index (κ2) is 7.16. The molecule has 0 spiro atoms. The van der Waals surface area contributed by atoms with Crippen molar-refractivity contribution in [2.24, 2.45) is 0 Å². The first kappa shape index (κ1) is 14.7. The van der Waals surface area contributed by atoms with Gasteiger partial charge in [0.2, 0.25) is 0 Å². The number of fused-ring (bicyclic) bond motifs is 1. The highest BCUT2D eigenvalue weighted by Gasteiger charge is 2.11. The van der Waals surface area contributed by atoms with Gasteiger partial charge in [0.1, 0.15) is 0 Å². The minimum absolute atomic E-state index is 0.519. The van der Waals surface area contributed by atoms with Crippen molar-refractivity contribution in [3.63, 3.8) is 0 Å². The highest BCUT2D eigenvalue weighted by Crippen LogP contribution is 2.23. The number of thiazole rings is 1. The van der Waals surface area contributed by atoms with Gasteiger partial charge < -0.3 is 5.32 Å². The van der Waals surface area contributed by atoms with Crippen LogP contribution in [0.15, 0.2) is 41.8 Å². The number of likely N-dealkylation sites (N-methyl/N-ethyl adjacent to an activating group) is 1. The lowest BCUT2D eigenvalue weighted by Crippen LogP contribution is -2.27. The smallest absolute Gasteiger partial charge is 0.0954 e. The molecule has 1 N–H and O–H groups in total. The second-order valence-corrected chi connectivity index (χ2v) is 7.38. The van der Waals surface area contributed by atoms with Crippen molar-refractivity contribution in [2.75, 3.05) is 7.05 Å². The van der Waals surface area contributed by atoms with Gasteiger partial charge in [-0.3, -0.25) is 0 Å². The third kappa shape index (κ3) is 3.90. The van der Waals surface area contributed by atoms with Gasteiger partial charge in [0.05, 0.1) is 15.2 Å². The Labute approximate surface area is 133 Å². The first-order chi connectivity index (χ1) is 10.3. The second-order valence-electron chi connectivity index (χ2n) is 5.24. The van der Waals surface area contributed by atoms with E-state index in [0.29, 0.717) is 6.04 Å². The molecule has 0 amide bonds. The number of hydrogen-bond acceptors (Lipinski definition) is 4. The molecule has 2 aromatic heterocycles. The first-order valence-electron chi connectivity index (χ1n) is 7.39. The predicted molar refractivity (Wildman–Crippen MR) is 93.4 cm³/mol. The molecule has 0 saturated carbocycles. The van der Waals surface area contributed by atoms with E-state index in [1.807, 2.05) is 22.7 Å². The first-order valence-corrected chi connectivity index (χ1v) is 9.09. The molecule has 3 aromatic rings. The van der Waals surface area contributed by atoms with Crippen molar-refractivity contribution in [2.45, 2.75) is 31.7 Å². The molecule has 1 aromatic carbocycles. The number of nitrogens with zero attached hydrogens (tertiary/aromatic N) is 1. The number of aromatic nitrogens is 1. The van der Waals surface area contributed by atoms with Crippen LogP contribution in [0.1, 0.15) is 22.7 Å². The zero-order chi connectivity index (χ0) is 14.5. The summed E-state index contributed by atoms with van der Waals surface area (Å²) in [4.78, 5) is 6.23. The van der Waals surface area contributed by atoms with Crippen molar-refractivity contribution in [3.05, 3.63) is 51.7 Å². The number of hydrogen-bond donors (Lipinski definition) is 1. The Bertz CT molecular complexity index is 640. The molecule has 1 atom stereocenters. The molecule has 21 heavy (non-hydrogen) atoms. The summed E-state index contributed by atoms with van der Waals surface area (Å²) in [7, 11) is 2.06. The maximum absolute atomic E-state index is 4.74. The average molecular weight is 316 g/mol. The van der Waals surface area contributed by atoms with Gasteiger partial charge in [-0.15, -0.1) is 22.7 Å². The molecule has 4 heteroatoms. The Morgan fingerprint density at radius 1 is 1.19 bits per heavy atom. The lowest BCUT2D eigenvalue weighted by molar-refractivity contribution is 0.502. The van der Waals surface area contributed by atoms with Crippen LogP contribution in [0.2, 0.25) is 0 Å². The van der Waals surface area contributed by atoms with E-state index < -0.39 is 0 Å². The molecule has 0 radical (unpaired) electrons. The quantitative estimate of drug-likeness (QED) is 0.693. The summed E-state index contributed by atoms with van der Waals surface area (Å²) >= 11 is 3.68. The number of rotatable bonds is 7. The minimum Gasteiger partial charge on any atom is -0.317 e. The molecule has 0 aliphatic heterocycles. The molecule has 0 fully saturated rings. The van der Waals surface area contributed by atoms with E-state index in [2.05, 4.69) is 54.1 Å². The van der Waals surface area contributed by atoms with Crippen molar-refractivity contribution >= 4 is 32.9 Å². The van der Waals surface area contributed by atoms with Crippen LogP contribution >= 0.6 is 22.7 Å². The molecule has 110 valence electrons. The molecular formula is C17H20N2S2. The van der Waals surface area contributed by atoms with Crippen molar-refractivity contribution in [1.82, 2.24) is 10.3 Å². The summed E-state index contributed by atoms with van der Waals surface area (Å²) in [6.07, 6.45) is 4.65. The van der Waals surface area contributed by atoms with E-state index in [9.17, 15) is 0 Å². The SMILES string of the molecule is CNC(CCCc1cccs1)Cc1nc2ccccc2s1. The van der Waals surface area contributed by atoms with Crippen molar-refractivity contribution in [3.8, 4) is 0 Å². The van der Waals surface area contributed by atoms with Crippen LogP contribution in [0.5, 0.6) is 0 Å². The van der Waals surface area contributed by atoms with Gasteiger partial charge in [-0.2, -0.15) is 0 Å². The van der Waals surface area contributed by atoms with Gasteiger partial charge in [-0.25, -0.2) is 4.98 Å². The van der Waals surface area contributed by atoms with Crippen molar-refractivity contribution in [1.29, 1.82) is 0 Å². The summed E-state index contributed by atoms with van der Waals surface area (Å²) in [6, 6.07) is 13.3. The van der Waals surface area contributed by atoms with Gasteiger partial charge >= 0.3 is 0 Å². The summed E-state index contributed by atoms with van der Waals surface area (Å²) in [6.45, 7) is 0. The van der Waals surface area contributed by atoms with Gasteiger partial charge in [0.15, 0.2) is 0 Å². The number of thiophene rings is 1. The van der Waals surface area contributed by atoms with E-state index >= 15 is 0 Å². The number of nitrogens with one attached hydrogen (secondary N) is 1. The minimum atomic E-state index is 0.519. The summed E-state index contributed by atoms with van der Waals surface area (Å²) in [5.74, 6) is 0. The van der Waals surface area contributed by atoms with Gasteiger partial charge in [0.25, 0.3) is 0 Å². The number of aryl methyl sites for hydroxylation is 1. The van der Waals surface area contributed by atoms with Crippen LogP contribution in [0.4, 0.5) is 0 Å². The third-order valence-corrected chi connectivity index (χ3v) is 5.72. The zero-order valence-electron chi connectivity index (χ0n) is 12.2. The molecular weight excluding hydrogens is 296 g/mol. The number of benzene rings is 1. The van der Waals surface area contributed by atoms with Gasteiger partial charge in [0, 0.05) is 17.3 Å². The third-order valence-electron chi connectivity index (χ3n) is 3.72. The van der Waals surface area contributed by atoms with E-state index in [4.69, 9.17) is 4.98 Å².